The van der Waals surface area contributed by atoms with E-state index >= 15 is 0 Å². The normalized spacial score (nSPS) is 20.3. The molecular formula is C19H21F2N5O. The Hall–Kier alpha value is -2.77. The SMILES string of the molecule is CC1CCC(n2cc(NC(=O)c3ncn4ccccc34)c(C(F)F)n2)CC1. The fourth-order valence-electron chi connectivity index (χ4n) is 3.66. The van der Waals surface area contributed by atoms with Crippen LogP contribution in [0.4, 0.5) is 14.5 Å². The molecule has 142 valence electrons. The highest BCUT2D eigenvalue weighted by Gasteiger charge is 2.26. The Morgan fingerprint density at radius 2 is 2.04 bits per heavy atom. The van der Waals surface area contributed by atoms with E-state index in [0.717, 1.165) is 25.7 Å². The highest BCUT2D eigenvalue weighted by atomic mass is 19.3. The summed E-state index contributed by atoms with van der Waals surface area (Å²) in [5, 5.41) is 6.66. The van der Waals surface area contributed by atoms with Crippen LogP contribution in [0, 0.1) is 5.92 Å². The minimum atomic E-state index is -2.76. The van der Waals surface area contributed by atoms with Gasteiger partial charge in [-0.3, -0.25) is 9.48 Å². The van der Waals surface area contributed by atoms with E-state index in [-0.39, 0.29) is 17.4 Å². The van der Waals surface area contributed by atoms with Gasteiger partial charge in [0.1, 0.15) is 6.33 Å². The second-order valence-corrected chi connectivity index (χ2v) is 7.16. The van der Waals surface area contributed by atoms with Crippen molar-refractivity contribution < 1.29 is 13.6 Å². The lowest BCUT2D eigenvalue weighted by Crippen LogP contribution is -2.17. The molecule has 8 heteroatoms. The molecule has 0 radical (unpaired) electrons. The molecule has 0 aromatic carbocycles. The largest absolute Gasteiger partial charge is 0.317 e. The highest BCUT2D eigenvalue weighted by molar-refractivity contribution is 6.07. The van der Waals surface area contributed by atoms with E-state index in [4.69, 9.17) is 0 Å². The van der Waals surface area contributed by atoms with Crippen molar-refractivity contribution in [2.24, 2.45) is 5.92 Å². The van der Waals surface area contributed by atoms with Crippen LogP contribution in [0.3, 0.4) is 0 Å². The first-order valence-electron chi connectivity index (χ1n) is 9.13. The minimum Gasteiger partial charge on any atom is -0.317 e. The van der Waals surface area contributed by atoms with E-state index in [1.54, 1.807) is 27.4 Å². The van der Waals surface area contributed by atoms with Crippen molar-refractivity contribution in [1.82, 2.24) is 19.2 Å². The summed E-state index contributed by atoms with van der Waals surface area (Å²) in [6.45, 7) is 2.20. The Bertz CT molecular complexity index is 956. The van der Waals surface area contributed by atoms with Crippen molar-refractivity contribution in [3.05, 3.63) is 48.3 Å². The van der Waals surface area contributed by atoms with Gasteiger partial charge in [0, 0.05) is 12.4 Å². The van der Waals surface area contributed by atoms with E-state index in [1.165, 1.54) is 12.5 Å². The molecule has 3 aromatic heterocycles. The van der Waals surface area contributed by atoms with Crippen LogP contribution < -0.4 is 5.32 Å². The van der Waals surface area contributed by atoms with Crippen molar-refractivity contribution in [1.29, 1.82) is 0 Å². The van der Waals surface area contributed by atoms with Gasteiger partial charge in [-0.05, 0) is 43.7 Å². The first-order chi connectivity index (χ1) is 13.0. The fraction of sp³-hybridized carbons (Fsp3) is 0.421. The quantitative estimate of drug-likeness (QED) is 0.734. The molecule has 3 aromatic rings. The van der Waals surface area contributed by atoms with Crippen molar-refractivity contribution >= 4 is 17.1 Å². The first kappa shape index (κ1) is 17.6. The predicted molar refractivity (Wildman–Crippen MR) is 97.0 cm³/mol. The maximum Gasteiger partial charge on any atom is 0.284 e. The van der Waals surface area contributed by atoms with Gasteiger partial charge in [0.25, 0.3) is 12.3 Å². The molecule has 1 aliphatic carbocycles. The Kier molecular flexibility index (Phi) is 4.63. The van der Waals surface area contributed by atoms with Gasteiger partial charge in [-0.2, -0.15) is 5.10 Å². The molecule has 0 saturated heterocycles. The lowest BCUT2D eigenvalue weighted by molar-refractivity contribution is 0.102. The monoisotopic (exact) mass is 373 g/mol. The van der Waals surface area contributed by atoms with Crippen LogP contribution in [0.1, 0.15) is 61.3 Å². The van der Waals surface area contributed by atoms with Crippen molar-refractivity contribution in [2.75, 3.05) is 5.32 Å². The summed E-state index contributed by atoms with van der Waals surface area (Å²) in [6, 6.07) is 5.46. The predicted octanol–water partition coefficient (Wildman–Crippen LogP) is 4.47. The zero-order valence-electron chi connectivity index (χ0n) is 15.0. The number of nitrogens with one attached hydrogen (secondary N) is 1. The zero-order chi connectivity index (χ0) is 19.0. The number of aromatic nitrogens is 4. The molecule has 0 aliphatic heterocycles. The summed E-state index contributed by atoms with van der Waals surface area (Å²) in [7, 11) is 0. The number of alkyl halides is 2. The van der Waals surface area contributed by atoms with Crippen molar-refractivity contribution in [3.8, 4) is 0 Å². The maximum atomic E-state index is 13.5. The molecule has 1 aliphatic rings. The van der Waals surface area contributed by atoms with Crippen LogP contribution in [0.5, 0.6) is 0 Å². The zero-order valence-corrected chi connectivity index (χ0v) is 15.0. The van der Waals surface area contributed by atoms with Gasteiger partial charge >= 0.3 is 0 Å². The fourth-order valence-corrected chi connectivity index (χ4v) is 3.66. The van der Waals surface area contributed by atoms with E-state index in [0.29, 0.717) is 11.4 Å². The van der Waals surface area contributed by atoms with Gasteiger partial charge in [-0.1, -0.05) is 13.0 Å². The summed E-state index contributed by atoms with van der Waals surface area (Å²) in [4.78, 5) is 16.7. The van der Waals surface area contributed by atoms with Gasteiger partial charge < -0.3 is 9.72 Å². The number of carbonyl (C=O) groups is 1. The van der Waals surface area contributed by atoms with Crippen LogP contribution in [-0.4, -0.2) is 25.1 Å². The Morgan fingerprint density at radius 1 is 1.26 bits per heavy atom. The number of nitrogens with zero attached hydrogens (tertiary/aromatic N) is 4. The number of hydrogen-bond acceptors (Lipinski definition) is 3. The molecule has 0 atom stereocenters. The number of carbonyl (C=O) groups excluding carboxylic acids is 1. The summed E-state index contributed by atoms with van der Waals surface area (Å²) in [5.41, 5.74) is 0.452. The summed E-state index contributed by atoms with van der Waals surface area (Å²) in [6.07, 6.45) is 5.97. The van der Waals surface area contributed by atoms with Crippen LogP contribution >= 0.6 is 0 Å². The second-order valence-electron chi connectivity index (χ2n) is 7.16. The Labute approximate surface area is 155 Å². The number of rotatable bonds is 4. The molecule has 1 amide bonds. The Balaban J connectivity index is 1.60. The number of anilines is 1. The lowest BCUT2D eigenvalue weighted by atomic mass is 9.87. The molecule has 0 unspecified atom stereocenters. The smallest absolute Gasteiger partial charge is 0.284 e. The standard InChI is InChI=1S/C19H21F2N5O/c1-12-5-7-13(8-6-12)26-10-14(16(24-26)18(20)21)23-19(27)17-15-4-2-3-9-25(15)11-22-17/h2-4,9-13,18H,5-8H2,1H3,(H,23,27). The van der Waals surface area contributed by atoms with E-state index in [1.807, 2.05) is 6.07 Å². The van der Waals surface area contributed by atoms with Gasteiger partial charge in [0.2, 0.25) is 0 Å². The number of amides is 1. The molecule has 1 saturated carbocycles. The number of fused-ring (bicyclic) bond motifs is 1. The van der Waals surface area contributed by atoms with Crippen LogP contribution in [0.2, 0.25) is 0 Å². The van der Waals surface area contributed by atoms with E-state index < -0.39 is 18.0 Å². The van der Waals surface area contributed by atoms with E-state index in [9.17, 15) is 13.6 Å². The number of imidazole rings is 1. The van der Waals surface area contributed by atoms with Crippen molar-refractivity contribution in [3.63, 3.8) is 0 Å². The third kappa shape index (κ3) is 3.43. The summed E-state index contributed by atoms with van der Waals surface area (Å²) in [5.74, 6) is 0.127. The summed E-state index contributed by atoms with van der Waals surface area (Å²) >= 11 is 0. The summed E-state index contributed by atoms with van der Waals surface area (Å²) < 4.78 is 30.2. The number of pyridine rings is 1. The molecule has 6 nitrogen and oxygen atoms in total. The van der Waals surface area contributed by atoms with E-state index in [2.05, 4.69) is 22.3 Å². The molecule has 1 fully saturated rings. The second kappa shape index (κ2) is 7.09. The average Bonchev–Trinajstić information content (AvgIpc) is 3.26. The van der Waals surface area contributed by atoms with Gasteiger partial charge in [0.15, 0.2) is 11.4 Å². The number of hydrogen-bond donors (Lipinski definition) is 1. The Morgan fingerprint density at radius 3 is 2.78 bits per heavy atom. The van der Waals surface area contributed by atoms with Crippen LogP contribution in [-0.2, 0) is 0 Å². The molecule has 27 heavy (non-hydrogen) atoms. The lowest BCUT2D eigenvalue weighted by Gasteiger charge is -2.26. The molecular weight excluding hydrogens is 352 g/mol. The highest BCUT2D eigenvalue weighted by Crippen LogP contribution is 2.34. The van der Waals surface area contributed by atoms with Gasteiger partial charge in [-0.25, -0.2) is 13.8 Å². The third-order valence-corrected chi connectivity index (χ3v) is 5.23. The average molecular weight is 373 g/mol. The number of halogens is 2. The van der Waals surface area contributed by atoms with Crippen LogP contribution in [0.25, 0.3) is 5.52 Å². The first-order valence-corrected chi connectivity index (χ1v) is 9.13. The third-order valence-electron chi connectivity index (χ3n) is 5.23. The van der Waals surface area contributed by atoms with Crippen LogP contribution in [0.15, 0.2) is 36.9 Å². The molecule has 4 rings (SSSR count). The van der Waals surface area contributed by atoms with Crippen molar-refractivity contribution in [2.45, 2.75) is 45.1 Å². The molecule has 1 N–H and O–H groups in total. The minimum absolute atomic E-state index is 0.0469. The topological polar surface area (TPSA) is 64.2 Å². The molecule has 3 heterocycles. The molecule has 0 spiro atoms. The molecule has 0 bridgehead atoms. The van der Waals surface area contributed by atoms with Gasteiger partial charge in [-0.15, -0.1) is 0 Å². The van der Waals surface area contributed by atoms with Gasteiger partial charge in [0.05, 0.1) is 17.2 Å². The maximum absolute atomic E-state index is 13.5.